The highest BCUT2D eigenvalue weighted by atomic mass is 19.2. The Morgan fingerprint density at radius 1 is 1.38 bits per heavy atom. The topological polar surface area (TPSA) is 91.6 Å². The quantitative estimate of drug-likeness (QED) is 0.789. The van der Waals surface area contributed by atoms with Crippen LogP contribution in [0.25, 0.3) is 10.9 Å². The number of nitrogens with one attached hydrogen (secondary N) is 1. The van der Waals surface area contributed by atoms with E-state index in [1.54, 1.807) is 0 Å². The number of aromatic hydroxyl groups is 1. The highest BCUT2D eigenvalue weighted by Crippen LogP contribution is 2.28. The van der Waals surface area contributed by atoms with Crippen LogP contribution in [0.1, 0.15) is 10.4 Å². The number of carboxylic acid groups (broad SMARTS) is 1. The molecule has 2 aromatic rings. The molecule has 9 heteroatoms. The summed E-state index contributed by atoms with van der Waals surface area (Å²) < 4.78 is 39.7. The Morgan fingerprint density at radius 3 is 2.62 bits per heavy atom. The van der Waals surface area contributed by atoms with Crippen LogP contribution in [0.4, 0.5) is 13.2 Å². The van der Waals surface area contributed by atoms with E-state index in [4.69, 9.17) is 5.11 Å². The molecule has 0 fully saturated rings. The summed E-state index contributed by atoms with van der Waals surface area (Å²) in [5, 5.41) is 18.0. The van der Waals surface area contributed by atoms with Crippen molar-refractivity contribution in [1.82, 2.24) is 4.68 Å². The van der Waals surface area contributed by atoms with Crippen LogP contribution in [0.3, 0.4) is 0 Å². The Labute approximate surface area is 115 Å². The smallest absolute Gasteiger partial charge is 0.341 e. The maximum absolute atomic E-state index is 13.4. The van der Waals surface area contributed by atoms with Crippen molar-refractivity contribution in [3.8, 4) is 5.75 Å². The summed E-state index contributed by atoms with van der Waals surface area (Å²) >= 11 is 0. The summed E-state index contributed by atoms with van der Waals surface area (Å²) in [6.45, 7) is -1.14. The van der Waals surface area contributed by atoms with Crippen LogP contribution in [-0.2, 0) is 0 Å². The third-order valence-corrected chi connectivity index (χ3v) is 2.76. The van der Waals surface area contributed by atoms with E-state index < -0.39 is 51.9 Å². The molecule has 6 nitrogen and oxygen atoms in total. The molecule has 0 saturated heterocycles. The van der Waals surface area contributed by atoms with Crippen molar-refractivity contribution in [3.63, 3.8) is 0 Å². The van der Waals surface area contributed by atoms with E-state index in [-0.39, 0.29) is 6.54 Å². The van der Waals surface area contributed by atoms with Gasteiger partial charge in [0.1, 0.15) is 17.8 Å². The number of aromatic carboxylic acids is 1. The van der Waals surface area contributed by atoms with Crippen molar-refractivity contribution in [2.45, 2.75) is 0 Å². The van der Waals surface area contributed by atoms with Crippen LogP contribution in [0.15, 0.2) is 17.1 Å². The number of carbonyl (C=O) groups is 1. The monoisotopic (exact) mass is 302 g/mol. The van der Waals surface area contributed by atoms with Gasteiger partial charge in [0.25, 0.3) is 0 Å². The summed E-state index contributed by atoms with van der Waals surface area (Å²) in [4.78, 5) is 22.9. The molecule has 0 amide bonds. The fourth-order valence-electron chi connectivity index (χ4n) is 1.86. The van der Waals surface area contributed by atoms with E-state index in [9.17, 15) is 27.9 Å². The van der Waals surface area contributed by atoms with E-state index >= 15 is 0 Å². The lowest BCUT2D eigenvalue weighted by atomic mass is 10.1. The average Bonchev–Trinajstić information content (AvgIpc) is 2.44. The van der Waals surface area contributed by atoms with Gasteiger partial charge in [-0.2, -0.15) is 4.39 Å². The van der Waals surface area contributed by atoms with Crippen molar-refractivity contribution in [2.24, 2.45) is 0 Å². The van der Waals surface area contributed by atoms with Crippen molar-refractivity contribution in [1.29, 1.82) is 0 Å². The van der Waals surface area contributed by atoms with Crippen LogP contribution in [-0.4, -0.2) is 34.1 Å². The second-order valence-corrected chi connectivity index (χ2v) is 4.06. The highest BCUT2D eigenvalue weighted by molar-refractivity contribution is 5.94. The van der Waals surface area contributed by atoms with E-state index in [1.165, 1.54) is 0 Å². The van der Waals surface area contributed by atoms with Gasteiger partial charge in [0.05, 0.1) is 11.9 Å². The Morgan fingerprint density at radius 2 is 2.05 bits per heavy atom. The number of phenolic OH excluding ortho intramolecular Hbond substituents is 1. The summed E-state index contributed by atoms with van der Waals surface area (Å²) in [5.41, 5.74) is 0.0336. The largest absolute Gasteiger partial charge is 0.503 e. The molecule has 1 aromatic carbocycles. The molecule has 1 heterocycles. The molecule has 112 valence electrons. The molecule has 0 atom stereocenters. The number of pyridine rings is 1. The van der Waals surface area contributed by atoms with Crippen molar-refractivity contribution >= 4 is 16.9 Å². The summed E-state index contributed by atoms with van der Waals surface area (Å²) in [6.07, 6.45) is 0.764. The molecular weight excluding hydrogens is 293 g/mol. The van der Waals surface area contributed by atoms with Gasteiger partial charge in [0.2, 0.25) is 11.2 Å². The first kappa shape index (κ1) is 14.7. The Balaban J connectivity index is 2.92. The third-order valence-electron chi connectivity index (χ3n) is 2.76. The van der Waals surface area contributed by atoms with E-state index in [2.05, 4.69) is 5.43 Å². The Bertz CT molecular complexity index is 788. The lowest BCUT2D eigenvalue weighted by Gasteiger charge is -2.15. The summed E-state index contributed by atoms with van der Waals surface area (Å²) in [5.74, 6) is -5.87. The third kappa shape index (κ3) is 2.37. The van der Waals surface area contributed by atoms with Crippen molar-refractivity contribution < 1.29 is 28.2 Å². The number of halogens is 3. The van der Waals surface area contributed by atoms with Gasteiger partial charge in [0, 0.05) is 6.20 Å². The molecule has 1 aromatic heterocycles. The first-order valence-electron chi connectivity index (χ1n) is 5.68. The molecule has 0 bridgehead atoms. The lowest BCUT2D eigenvalue weighted by Crippen LogP contribution is -2.25. The zero-order chi connectivity index (χ0) is 15.7. The number of nitrogens with zero attached hydrogens (tertiary/aromatic N) is 1. The number of phenols is 1. The number of hydrogen-bond acceptors (Lipinski definition) is 4. The average molecular weight is 302 g/mol. The van der Waals surface area contributed by atoms with E-state index in [1.807, 2.05) is 0 Å². The number of alkyl halides is 1. The highest BCUT2D eigenvalue weighted by Gasteiger charge is 2.21. The summed E-state index contributed by atoms with van der Waals surface area (Å²) in [7, 11) is 0. The second-order valence-electron chi connectivity index (χ2n) is 4.06. The molecule has 0 unspecified atom stereocenters. The van der Waals surface area contributed by atoms with Gasteiger partial charge in [-0.05, 0) is 6.07 Å². The van der Waals surface area contributed by atoms with Crippen molar-refractivity contribution in [2.75, 3.05) is 18.6 Å². The second kappa shape index (κ2) is 5.35. The zero-order valence-electron chi connectivity index (χ0n) is 10.4. The molecule has 0 radical (unpaired) electrons. The normalized spacial score (nSPS) is 10.8. The number of benzene rings is 1. The molecule has 0 saturated carbocycles. The number of carboxylic acids is 1. The Hall–Kier alpha value is -2.71. The van der Waals surface area contributed by atoms with Gasteiger partial charge in [-0.25, -0.2) is 13.6 Å². The molecule has 2 rings (SSSR count). The number of aromatic nitrogens is 1. The van der Waals surface area contributed by atoms with Gasteiger partial charge in [-0.1, -0.05) is 0 Å². The maximum atomic E-state index is 13.4. The Kier molecular flexibility index (Phi) is 3.74. The molecule has 0 aliphatic heterocycles. The van der Waals surface area contributed by atoms with Crippen LogP contribution in [0.2, 0.25) is 0 Å². The standard InChI is InChI=1S/C12H9F3N2O4/c13-1-2-16-17-4-6(12(20)21)10(18)5-3-7(14)8(15)11(19)9(5)17/h3-4,16,19H,1-2H2,(H,20,21). The van der Waals surface area contributed by atoms with E-state index in [0.717, 1.165) is 10.9 Å². The van der Waals surface area contributed by atoms with Crippen LogP contribution in [0.5, 0.6) is 5.75 Å². The molecule has 0 spiro atoms. The molecule has 3 N–H and O–H groups in total. The zero-order valence-corrected chi connectivity index (χ0v) is 10.4. The van der Waals surface area contributed by atoms with Crippen LogP contribution in [0, 0.1) is 11.6 Å². The lowest BCUT2D eigenvalue weighted by molar-refractivity contribution is 0.0695. The van der Waals surface area contributed by atoms with Gasteiger partial charge in [0.15, 0.2) is 11.6 Å². The van der Waals surface area contributed by atoms with Gasteiger partial charge >= 0.3 is 5.97 Å². The minimum Gasteiger partial charge on any atom is -0.503 e. The predicted octanol–water partition coefficient (Wildman–Crippen LogP) is 1.20. The predicted molar refractivity (Wildman–Crippen MR) is 67.0 cm³/mol. The molecule has 0 aliphatic rings. The summed E-state index contributed by atoms with van der Waals surface area (Å²) in [6, 6.07) is 0.479. The minimum atomic E-state index is -1.60. The van der Waals surface area contributed by atoms with Crippen molar-refractivity contribution in [3.05, 3.63) is 39.7 Å². The number of fused-ring (bicyclic) bond motifs is 1. The molecular formula is C12H9F3N2O4. The van der Waals surface area contributed by atoms with Crippen LogP contribution >= 0.6 is 0 Å². The number of hydrogen-bond donors (Lipinski definition) is 3. The first-order valence-corrected chi connectivity index (χ1v) is 5.68. The maximum Gasteiger partial charge on any atom is 0.341 e. The van der Waals surface area contributed by atoms with Crippen LogP contribution < -0.4 is 10.9 Å². The molecule has 21 heavy (non-hydrogen) atoms. The minimum absolute atomic E-state index is 0.296. The SMILES string of the molecule is O=C(O)c1cn(NCCF)c2c(O)c(F)c(F)cc2c1=O. The fraction of sp³-hybridized carbons (Fsp3) is 0.167. The molecule has 0 aliphatic carbocycles. The fourth-order valence-corrected chi connectivity index (χ4v) is 1.86. The number of rotatable bonds is 4. The first-order chi connectivity index (χ1) is 9.88. The van der Waals surface area contributed by atoms with Gasteiger partial charge < -0.3 is 15.6 Å². The van der Waals surface area contributed by atoms with Gasteiger partial charge in [-0.15, -0.1) is 0 Å². The van der Waals surface area contributed by atoms with Gasteiger partial charge in [-0.3, -0.25) is 9.47 Å². The van der Waals surface area contributed by atoms with E-state index in [0.29, 0.717) is 6.07 Å².